The van der Waals surface area contributed by atoms with Gasteiger partial charge in [-0.25, -0.2) is 0 Å². The Morgan fingerprint density at radius 1 is 1.30 bits per heavy atom. The molecule has 0 heterocycles. The maximum atomic E-state index is 10.9. The van der Waals surface area contributed by atoms with Crippen molar-refractivity contribution < 1.29 is 19.2 Å². The van der Waals surface area contributed by atoms with Crippen molar-refractivity contribution in [3.63, 3.8) is 0 Å². The van der Waals surface area contributed by atoms with Crippen molar-refractivity contribution in [2.24, 2.45) is 0 Å². The van der Waals surface area contributed by atoms with Crippen LogP contribution in [-0.4, -0.2) is 24.6 Å². The molecule has 0 atom stereocenters. The van der Waals surface area contributed by atoms with Crippen molar-refractivity contribution in [3.05, 3.63) is 33.9 Å². The summed E-state index contributed by atoms with van der Waals surface area (Å²) in [5, 5.41) is 10.7. The van der Waals surface area contributed by atoms with Crippen LogP contribution in [-0.2, 0) is 9.53 Å². The lowest BCUT2D eigenvalue weighted by Gasteiger charge is -2.08. The summed E-state index contributed by atoms with van der Waals surface area (Å²) in [4.78, 5) is 21.1. The van der Waals surface area contributed by atoms with Crippen LogP contribution in [0.25, 0.3) is 0 Å². The van der Waals surface area contributed by atoms with Crippen LogP contribution in [0.3, 0.4) is 0 Å². The number of methoxy groups -OCH3 is 1. The lowest BCUT2D eigenvalue weighted by Crippen LogP contribution is -2.02. The number of benzene rings is 1. The Hall–Kier alpha value is -2.11. The lowest BCUT2D eigenvalue weighted by atomic mass is 10.2. The number of hydrogen-bond acceptors (Lipinski definition) is 5. The average molecular weight is 281 g/mol. The van der Waals surface area contributed by atoms with Crippen LogP contribution in [0.4, 0.5) is 5.69 Å². The van der Waals surface area contributed by atoms with Crippen molar-refractivity contribution >= 4 is 11.7 Å². The van der Waals surface area contributed by atoms with Gasteiger partial charge < -0.3 is 9.47 Å². The van der Waals surface area contributed by atoms with Crippen LogP contribution in [0.2, 0.25) is 0 Å². The van der Waals surface area contributed by atoms with Crippen molar-refractivity contribution in [2.75, 3.05) is 13.7 Å². The van der Waals surface area contributed by atoms with Gasteiger partial charge in [0.25, 0.3) is 5.69 Å². The van der Waals surface area contributed by atoms with E-state index in [1.807, 2.05) is 6.92 Å². The van der Waals surface area contributed by atoms with E-state index in [9.17, 15) is 14.9 Å². The molecule has 0 fully saturated rings. The molecular formula is C14H19NO5. The molecule has 110 valence electrons. The second kappa shape index (κ2) is 8.14. The fraction of sp³-hybridized carbons (Fsp3) is 0.500. The highest BCUT2D eigenvalue weighted by Gasteiger charge is 2.09. The van der Waals surface area contributed by atoms with Gasteiger partial charge in [0.05, 0.1) is 24.7 Å². The summed E-state index contributed by atoms with van der Waals surface area (Å²) >= 11 is 0. The summed E-state index contributed by atoms with van der Waals surface area (Å²) in [7, 11) is 1.37. The second-order valence-corrected chi connectivity index (χ2v) is 4.44. The minimum absolute atomic E-state index is 0.0243. The first-order valence-electron chi connectivity index (χ1n) is 6.49. The van der Waals surface area contributed by atoms with Gasteiger partial charge in [0, 0.05) is 12.5 Å². The van der Waals surface area contributed by atoms with E-state index in [2.05, 4.69) is 4.74 Å². The maximum Gasteiger partial charge on any atom is 0.305 e. The third-order valence-corrected chi connectivity index (χ3v) is 2.89. The smallest absolute Gasteiger partial charge is 0.305 e. The predicted octanol–water partition coefficient (Wildman–Crippen LogP) is 3.02. The number of nitro benzene ring substituents is 1. The molecule has 0 aliphatic carbocycles. The third kappa shape index (κ3) is 5.26. The molecule has 1 aromatic carbocycles. The molecule has 0 aliphatic rings. The van der Waals surface area contributed by atoms with Crippen molar-refractivity contribution in [3.8, 4) is 5.75 Å². The van der Waals surface area contributed by atoms with E-state index in [1.54, 1.807) is 6.07 Å². The Bertz CT molecular complexity index is 473. The highest BCUT2D eigenvalue weighted by atomic mass is 16.6. The average Bonchev–Trinajstić information content (AvgIpc) is 2.43. The molecule has 0 spiro atoms. The second-order valence-electron chi connectivity index (χ2n) is 4.44. The first-order chi connectivity index (χ1) is 9.54. The van der Waals surface area contributed by atoms with Gasteiger partial charge in [-0.1, -0.05) is 0 Å². The molecule has 0 unspecified atom stereocenters. The molecule has 0 saturated carbocycles. The van der Waals surface area contributed by atoms with E-state index in [1.165, 1.54) is 19.2 Å². The lowest BCUT2D eigenvalue weighted by molar-refractivity contribution is -0.384. The quantitative estimate of drug-likeness (QED) is 0.317. The zero-order valence-electron chi connectivity index (χ0n) is 11.8. The summed E-state index contributed by atoms with van der Waals surface area (Å²) in [6, 6.07) is 4.56. The Labute approximate surface area is 117 Å². The van der Waals surface area contributed by atoms with Crippen LogP contribution in [0.1, 0.15) is 31.2 Å². The molecule has 0 N–H and O–H groups in total. The maximum absolute atomic E-state index is 10.9. The van der Waals surface area contributed by atoms with Crippen LogP contribution in [0, 0.1) is 17.0 Å². The fourth-order valence-corrected chi connectivity index (χ4v) is 1.69. The summed E-state index contributed by atoms with van der Waals surface area (Å²) in [6.45, 7) is 2.32. The highest BCUT2D eigenvalue weighted by Crippen LogP contribution is 2.24. The minimum atomic E-state index is -0.442. The molecule has 0 amide bonds. The number of carbonyl (C=O) groups is 1. The number of ether oxygens (including phenoxy) is 2. The molecule has 1 rings (SSSR count). The van der Waals surface area contributed by atoms with Gasteiger partial charge in [-0.05, 0) is 37.8 Å². The van der Waals surface area contributed by atoms with Crippen LogP contribution in [0.5, 0.6) is 5.75 Å². The molecule has 6 heteroatoms. The molecule has 6 nitrogen and oxygen atoms in total. The molecule has 0 bridgehead atoms. The number of nitrogens with zero attached hydrogens (tertiary/aromatic N) is 1. The van der Waals surface area contributed by atoms with Gasteiger partial charge in [-0.3, -0.25) is 14.9 Å². The number of non-ortho nitro benzene ring substituents is 1. The van der Waals surface area contributed by atoms with E-state index in [0.717, 1.165) is 24.8 Å². The highest BCUT2D eigenvalue weighted by molar-refractivity contribution is 5.68. The predicted molar refractivity (Wildman–Crippen MR) is 73.8 cm³/mol. The van der Waals surface area contributed by atoms with Crippen LogP contribution >= 0.6 is 0 Å². The SMILES string of the molecule is COC(=O)CCCCCOc1cc([N+](=O)[O-])ccc1C. The van der Waals surface area contributed by atoms with E-state index >= 15 is 0 Å². The monoisotopic (exact) mass is 281 g/mol. The van der Waals surface area contributed by atoms with E-state index < -0.39 is 4.92 Å². The molecular weight excluding hydrogens is 262 g/mol. The number of carbonyl (C=O) groups excluding carboxylic acids is 1. The minimum Gasteiger partial charge on any atom is -0.493 e. The normalized spacial score (nSPS) is 10.1. The largest absolute Gasteiger partial charge is 0.493 e. The first kappa shape index (κ1) is 15.9. The fourth-order valence-electron chi connectivity index (χ4n) is 1.69. The molecule has 1 aromatic rings. The molecule has 0 aromatic heterocycles. The number of esters is 1. The number of nitro groups is 1. The Kier molecular flexibility index (Phi) is 6.49. The molecule has 0 saturated heterocycles. The zero-order chi connectivity index (χ0) is 15.0. The summed E-state index contributed by atoms with van der Waals surface area (Å²) in [6.07, 6.45) is 2.80. The third-order valence-electron chi connectivity index (χ3n) is 2.89. The number of rotatable bonds is 8. The zero-order valence-corrected chi connectivity index (χ0v) is 11.8. The molecule has 20 heavy (non-hydrogen) atoms. The topological polar surface area (TPSA) is 78.7 Å². The van der Waals surface area contributed by atoms with Gasteiger partial charge in [0.2, 0.25) is 0 Å². The standard InChI is InChI=1S/C14H19NO5/c1-11-7-8-12(15(17)18)10-13(11)20-9-5-3-4-6-14(16)19-2/h7-8,10H,3-6,9H2,1-2H3. The first-order valence-corrected chi connectivity index (χ1v) is 6.49. The van der Waals surface area contributed by atoms with E-state index in [-0.39, 0.29) is 11.7 Å². The van der Waals surface area contributed by atoms with Gasteiger partial charge >= 0.3 is 5.97 Å². The summed E-state index contributed by atoms with van der Waals surface area (Å²) < 4.78 is 10.1. The molecule has 0 radical (unpaired) electrons. The van der Waals surface area contributed by atoms with E-state index in [4.69, 9.17) is 4.74 Å². The Morgan fingerprint density at radius 3 is 2.70 bits per heavy atom. The van der Waals surface area contributed by atoms with Crippen molar-refractivity contribution in [2.45, 2.75) is 32.6 Å². The van der Waals surface area contributed by atoms with Crippen LogP contribution in [0.15, 0.2) is 18.2 Å². The van der Waals surface area contributed by atoms with Crippen molar-refractivity contribution in [1.29, 1.82) is 0 Å². The van der Waals surface area contributed by atoms with Gasteiger partial charge in [0.15, 0.2) is 0 Å². The summed E-state index contributed by atoms with van der Waals surface area (Å²) in [5.41, 5.74) is 0.890. The Balaban J connectivity index is 2.33. The van der Waals surface area contributed by atoms with Gasteiger partial charge in [-0.15, -0.1) is 0 Å². The van der Waals surface area contributed by atoms with E-state index in [0.29, 0.717) is 18.8 Å². The van der Waals surface area contributed by atoms with Gasteiger partial charge in [0.1, 0.15) is 5.75 Å². The molecule has 0 aliphatic heterocycles. The van der Waals surface area contributed by atoms with Crippen LogP contribution < -0.4 is 4.74 Å². The number of hydrogen-bond donors (Lipinski definition) is 0. The number of aryl methyl sites for hydroxylation is 1. The van der Waals surface area contributed by atoms with Crippen molar-refractivity contribution in [1.82, 2.24) is 0 Å². The van der Waals surface area contributed by atoms with Gasteiger partial charge in [-0.2, -0.15) is 0 Å². The Morgan fingerprint density at radius 2 is 2.05 bits per heavy atom. The summed E-state index contributed by atoms with van der Waals surface area (Å²) in [5.74, 6) is 0.326. The number of unbranched alkanes of at least 4 members (excludes halogenated alkanes) is 2.